The normalized spacial score (nSPS) is 14.8. The number of benzene rings is 1. The van der Waals surface area contributed by atoms with Gasteiger partial charge in [-0.15, -0.1) is 11.8 Å². The summed E-state index contributed by atoms with van der Waals surface area (Å²) in [4.78, 5) is 14.1. The highest BCUT2D eigenvalue weighted by Crippen LogP contribution is 2.32. The maximum Gasteiger partial charge on any atom is 0.258 e. The van der Waals surface area contributed by atoms with E-state index in [-0.39, 0.29) is 5.91 Å². The van der Waals surface area contributed by atoms with Crippen molar-refractivity contribution in [1.29, 1.82) is 0 Å². The number of ether oxygens (including phenoxy) is 2. The average molecular weight is 253 g/mol. The van der Waals surface area contributed by atoms with Crippen LogP contribution in [0, 0.1) is 0 Å². The summed E-state index contributed by atoms with van der Waals surface area (Å²) in [5.41, 5.74) is 0.564. The van der Waals surface area contributed by atoms with Crippen molar-refractivity contribution in [3.05, 3.63) is 23.8 Å². The van der Waals surface area contributed by atoms with Gasteiger partial charge < -0.3 is 14.4 Å². The van der Waals surface area contributed by atoms with Crippen LogP contribution in [-0.4, -0.2) is 43.2 Å². The van der Waals surface area contributed by atoms with Gasteiger partial charge in [0.05, 0.1) is 25.7 Å². The molecule has 1 aromatic rings. The first kappa shape index (κ1) is 12.1. The highest BCUT2D eigenvalue weighted by atomic mass is 32.2. The number of carbonyl (C=O) groups is 1. The van der Waals surface area contributed by atoms with Gasteiger partial charge in [-0.3, -0.25) is 4.79 Å². The van der Waals surface area contributed by atoms with Gasteiger partial charge in [0, 0.05) is 12.3 Å². The molecule has 2 rings (SSSR count). The first-order chi connectivity index (χ1) is 8.27. The minimum Gasteiger partial charge on any atom is -0.493 e. The van der Waals surface area contributed by atoms with Crippen molar-refractivity contribution in [3.63, 3.8) is 0 Å². The summed E-state index contributed by atoms with van der Waals surface area (Å²) in [6, 6.07) is 5.36. The maximum absolute atomic E-state index is 12.3. The lowest BCUT2D eigenvalue weighted by molar-refractivity contribution is 0.0798. The molecule has 0 saturated carbocycles. The Kier molecular flexibility index (Phi) is 3.78. The van der Waals surface area contributed by atoms with Crippen LogP contribution in [0.4, 0.5) is 0 Å². The minimum atomic E-state index is 0.00532. The number of nitrogens with zero attached hydrogens (tertiary/aromatic N) is 1. The second-order valence-corrected chi connectivity index (χ2v) is 4.72. The van der Waals surface area contributed by atoms with E-state index in [0.717, 1.165) is 18.2 Å². The van der Waals surface area contributed by atoms with Crippen molar-refractivity contribution in [1.82, 2.24) is 4.90 Å². The van der Waals surface area contributed by atoms with E-state index in [1.54, 1.807) is 44.2 Å². The molecular formula is C12H15NO3S. The molecule has 0 spiro atoms. The Hall–Kier alpha value is -1.36. The van der Waals surface area contributed by atoms with Crippen molar-refractivity contribution >= 4 is 17.7 Å². The average Bonchev–Trinajstić information content (AvgIpc) is 2.90. The Morgan fingerprint density at radius 1 is 1.35 bits per heavy atom. The van der Waals surface area contributed by atoms with Gasteiger partial charge in [0.25, 0.3) is 5.91 Å². The van der Waals surface area contributed by atoms with E-state index in [1.165, 1.54) is 0 Å². The van der Waals surface area contributed by atoms with Crippen LogP contribution in [0.15, 0.2) is 18.2 Å². The maximum atomic E-state index is 12.3. The van der Waals surface area contributed by atoms with E-state index in [1.807, 2.05) is 4.90 Å². The molecule has 0 aromatic heterocycles. The number of methoxy groups -OCH3 is 2. The zero-order chi connectivity index (χ0) is 12.3. The van der Waals surface area contributed by atoms with Gasteiger partial charge in [0.2, 0.25) is 0 Å². The molecule has 0 unspecified atom stereocenters. The SMILES string of the molecule is COc1cccc(C(=O)N2CCSC2)c1OC. The summed E-state index contributed by atoms with van der Waals surface area (Å²) >= 11 is 1.76. The zero-order valence-electron chi connectivity index (χ0n) is 9.93. The molecule has 1 aliphatic heterocycles. The monoisotopic (exact) mass is 253 g/mol. The van der Waals surface area contributed by atoms with Crippen molar-refractivity contribution < 1.29 is 14.3 Å². The fourth-order valence-corrected chi connectivity index (χ4v) is 2.75. The van der Waals surface area contributed by atoms with Gasteiger partial charge in [-0.05, 0) is 12.1 Å². The molecule has 5 heteroatoms. The number of para-hydroxylation sites is 1. The number of hydrogen-bond donors (Lipinski definition) is 0. The fourth-order valence-electron chi connectivity index (χ4n) is 1.80. The molecule has 1 aromatic carbocycles. The molecule has 92 valence electrons. The summed E-state index contributed by atoms with van der Waals surface area (Å²) in [6.07, 6.45) is 0. The van der Waals surface area contributed by atoms with E-state index in [4.69, 9.17) is 9.47 Å². The molecule has 1 amide bonds. The molecule has 17 heavy (non-hydrogen) atoms. The second-order valence-electron chi connectivity index (χ2n) is 3.65. The van der Waals surface area contributed by atoms with Gasteiger partial charge in [0.1, 0.15) is 0 Å². The third-order valence-electron chi connectivity index (χ3n) is 2.67. The molecule has 4 nitrogen and oxygen atoms in total. The van der Waals surface area contributed by atoms with E-state index in [2.05, 4.69) is 0 Å². The largest absolute Gasteiger partial charge is 0.493 e. The van der Waals surface area contributed by atoms with E-state index < -0.39 is 0 Å². The summed E-state index contributed by atoms with van der Waals surface area (Å²) in [7, 11) is 3.12. The van der Waals surface area contributed by atoms with E-state index in [9.17, 15) is 4.79 Å². The molecule has 0 radical (unpaired) electrons. The minimum absolute atomic E-state index is 0.00532. The second kappa shape index (κ2) is 5.31. The Bertz CT molecular complexity index is 416. The number of rotatable bonds is 3. The molecule has 0 atom stereocenters. The highest BCUT2D eigenvalue weighted by molar-refractivity contribution is 7.99. The number of thioether (sulfide) groups is 1. The van der Waals surface area contributed by atoms with Crippen LogP contribution in [0.5, 0.6) is 11.5 Å². The Labute approximate surface area is 105 Å². The summed E-state index contributed by atoms with van der Waals surface area (Å²) in [6.45, 7) is 0.796. The topological polar surface area (TPSA) is 38.8 Å². The summed E-state index contributed by atoms with van der Waals surface area (Å²) < 4.78 is 10.5. The van der Waals surface area contributed by atoms with Crippen LogP contribution < -0.4 is 9.47 Å². The van der Waals surface area contributed by atoms with Gasteiger partial charge in [-0.2, -0.15) is 0 Å². The molecule has 0 aliphatic carbocycles. The van der Waals surface area contributed by atoms with Crippen molar-refractivity contribution in [3.8, 4) is 11.5 Å². The van der Waals surface area contributed by atoms with Crippen molar-refractivity contribution in [2.24, 2.45) is 0 Å². The molecule has 1 fully saturated rings. The van der Waals surface area contributed by atoms with Crippen LogP contribution in [0.2, 0.25) is 0 Å². The standard InChI is InChI=1S/C12H15NO3S/c1-15-10-5-3-4-9(11(10)16-2)12(14)13-6-7-17-8-13/h3-5H,6-8H2,1-2H3. The lowest BCUT2D eigenvalue weighted by atomic mass is 10.1. The zero-order valence-corrected chi connectivity index (χ0v) is 10.8. The van der Waals surface area contributed by atoms with Crippen LogP contribution in [0.3, 0.4) is 0 Å². The first-order valence-corrected chi connectivity index (χ1v) is 6.51. The fraction of sp³-hybridized carbons (Fsp3) is 0.417. The van der Waals surface area contributed by atoms with E-state index >= 15 is 0 Å². The predicted octanol–water partition coefficient (Wildman–Crippen LogP) is 1.85. The quantitative estimate of drug-likeness (QED) is 0.824. The number of hydrogen-bond acceptors (Lipinski definition) is 4. The number of amides is 1. The predicted molar refractivity (Wildman–Crippen MR) is 67.9 cm³/mol. The Morgan fingerprint density at radius 3 is 2.76 bits per heavy atom. The molecule has 0 bridgehead atoms. The van der Waals surface area contributed by atoms with Gasteiger partial charge in [-0.1, -0.05) is 6.07 Å². The number of carbonyl (C=O) groups excluding carboxylic acids is 1. The summed E-state index contributed by atoms with van der Waals surface area (Å²) in [5, 5.41) is 0. The van der Waals surface area contributed by atoms with E-state index in [0.29, 0.717) is 17.1 Å². The van der Waals surface area contributed by atoms with Crippen LogP contribution in [-0.2, 0) is 0 Å². The Balaban J connectivity index is 2.33. The smallest absolute Gasteiger partial charge is 0.258 e. The molecular weight excluding hydrogens is 238 g/mol. The molecule has 0 N–H and O–H groups in total. The van der Waals surface area contributed by atoms with Gasteiger partial charge in [0.15, 0.2) is 11.5 Å². The van der Waals surface area contributed by atoms with Crippen LogP contribution in [0.25, 0.3) is 0 Å². The lowest BCUT2D eigenvalue weighted by Crippen LogP contribution is -2.28. The first-order valence-electron chi connectivity index (χ1n) is 5.36. The molecule has 1 heterocycles. The van der Waals surface area contributed by atoms with Crippen molar-refractivity contribution in [2.45, 2.75) is 0 Å². The summed E-state index contributed by atoms with van der Waals surface area (Å²) in [5.74, 6) is 2.85. The lowest BCUT2D eigenvalue weighted by Gasteiger charge is -2.17. The van der Waals surface area contributed by atoms with Crippen molar-refractivity contribution in [2.75, 3.05) is 32.4 Å². The molecule has 1 aliphatic rings. The Morgan fingerprint density at radius 2 is 2.18 bits per heavy atom. The third-order valence-corrected chi connectivity index (χ3v) is 3.64. The van der Waals surface area contributed by atoms with Gasteiger partial charge in [-0.25, -0.2) is 0 Å². The van der Waals surface area contributed by atoms with Gasteiger partial charge >= 0.3 is 0 Å². The van der Waals surface area contributed by atoms with Crippen LogP contribution >= 0.6 is 11.8 Å². The highest BCUT2D eigenvalue weighted by Gasteiger charge is 2.24. The third kappa shape index (κ3) is 2.34. The molecule has 1 saturated heterocycles. The van der Waals surface area contributed by atoms with Crippen LogP contribution in [0.1, 0.15) is 10.4 Å².